The maximum atomic E-state index is 2.35. The molecule has 0 nitrogen and oxygen atoms in total. The second-order valence-electron chi connectivity index (χ2n) is 1.61. The average Bonchev–Trinajstić information content (AvgIpc) is 1.69. The first-order valence-electron chi connectivity index (χ1n) is 2.34. The van der Waals surface area contributed by atoms with Crippen LogP contribution in [0.2, 0.25) is 11.1 Å². The van der Waals surface area contributed by atoms with Gasteiger partial charge in [-0.1, -0.05) is 0 Å². The molecule has 0 fully saturated rings. The Morgan fingerprint density at radius 2 is 2.29 bits per heavy atom. The molecule has 0 aromatic heterocycles. The van der Waals surface area contributed by atoms with Crippen molar-refractivity contribution in [3.8, 4) is 0 Å². The van der Waals surface area contributed by atoms with Gasteiger partial charge in [0.05, 0.1) is 0 Å². The van der Waals surface area contributed by atoms with Gasteiger partial charge in [-0.15, -0.1) is 0 Å². The SMILES string of the molecule is C[Se]1C=CC=CC1. The van der Waals surface area contributed by atoms with Gasteiger partial charge in [0.1, 0.15) is 0 Å². The number of allylic oxidation sites excluding steroid dienone is 3. The Kier molecular flexibility index (Phi) is 1.72. The summed E-state index contributed by atoms with van der Waals surface area (Å²) in [6.07, 6.45) is 6.54. The molecule has 0 unspecified atom stereocenters. The number of rotatable bonds is 0. The van der Waals surface area contributed by atoms with E-state index >= 15 is 0 Å². The summed E-state index contributed by atoms with van der Waals surface area (Å²) in [5.41, 5.74) is 0. The third kappa shape index (κ3) is 1.50. The minimum absolute atomic E-state index is 0.249. The molecule has 7 heavy (non-hydrogen) atoms. The predicted molar refractivity (Wildman–Crippen MR) is 34.7 cm³/mol. The van der Waals surface area contributed by atoms with Gasteiger partial charge in [-0.05, 0) is 0 Å². The van der Waals surface area contributed by atoms with Crippen molar-refractivity contribution >= 4 is 13.9 Å². The monoisotopic (exact) mass is 161 g/mol. The van der Waals surface area contributed by atoms with Crippen LogP contribution in [0.25, 0.3) is 0 Å². The van der Waals surface area contributed by atoms with Crippen molar-refractivity contribution in [1.82, 2.24) is 0 Å². The quantitative estimate of drug-likeness (QED) is 0.474. The van der Waals surface area contributed by atoms with Gasteiger partial charge in [-0.3, -0.25) is 0 Å². The standard InChI is InChI=1S/C6H9Se/c1-7-5-3-2-4-6-7/h2-5H,6H2,1H3. The molecule has 0 spiro atoms. The molecule has 1 aliphatic rings. The third-order valence-corrected chi connectivity index (χ3v) is 3.73. The first-order valence-corrected chi connectivity index (χ1v) is 6.25. The molecule has 0 bridgehead atoms. The van der Waals surface area contributed by atoms with Gasteiger partial charge in [-0.2, -0.15) is 0 Å². The fourth-order valence-corrected chi connectivity index (χ4v) is 2.38. The zero-order chi connectivity index (χ0) is 5.11. The Morgan fingerprint density at radius 3 is 2.57 bits per heavy atom. The van der Waals surface area contributed by atoms with Crippen LogP contribution in [-0.4, -0.2) is 13.9 Å². The van der Waals surface area contributed by atoms with Gasteiger partial charge in [0.2, 0.25) is 0 Å². The molecule has 1 aliphatic heterocycles. The van der Waals surface area contributed by atoms with Gasteiger partial charge >= 0.3 is 48.2 Å². The fourth-order valence-electron chi connectivity index (χ4n) is 0.521. The van der Waals surface area contributed by atoms with Crippen LogP contribution >= 0.6 is 0 Å². The van der Waals surface area contributed by atoms with Crippen LogP contribution in [-0.2, 0) is 0 Å². The summed E-state index contributed by atoms with van der Waals surface area (Å²) in [4.78, 5) is 2.35. The number of hydrogen-bond donors (Lipinski definition) is 0. The van der Waals surface area contributed by atoms with E-state index < -0.39 is 0 Å². The summed E-state index contributed by atoms with van der Waals surface area (Å²) >= 11 is -0.249. The molecule has 1 heterocycles. The van der Waals surface area contributed by atoms with Crippen molar-refractivity contribution in [3.05, 3.63) is 23.2 Å². The van der Waals surface area contributed by atoms with Gasteiger partial charge in [-0.25, -0.2) is 0 Å². The van der Waals surface area contributed by atoms with E-state index in [1.54, 1.807) is 0 Å². The van der Waals surface area contributed by atoms with Crippen LogP contribution < -0.4 is 0 Å². The maximum absolute atomic E-state index is 2.35. The van der Waals surface area contributed by atoms with Gasteiger partial charge in [0, 0.05) is 0 Å². The van der Waals surface area contributed by atoms with E-state index in [9.17, 15) is 0 Å². The molecule has 1 rings (SSSR count). The zero-order valence-corrected chi connectivity index (χ0v) is 6.14. The summed E-state index contributed by atoms with van der Waals surface area (Å²) in [5.74, 6) is 2.35. The Labute approximate surface area is 48.8 Å². The summed E-state index contributed by atoms with van der Waals surface area (Å²) in [6, 6.07) is 0. The summed E-state index contributed by atoms with van der Waals surface area (Å²) in [5, 5.41) is 1.34. The van der Waals surface area contributed by atoms with Crippen LogP contribution in [0.5, 0.6) is 0 Å². The molecule has 1 radical (unpaired) electrons. The third-order valence-electron chi connectivity index (χ3n) is 0.917. The second-order valence-corrected chi connectivity index (χ2v) is 5.78. The molecule has 0 amide bonds. The predicted octanol–water partition coefficient (Wildman–Crippen LogP) is 1.78. The first-order chi connectivity index (χ1) is 3.39. The molecular formula is C6H9Se. The van der Waals surface area contributed by atoms with Crippen LogP contribution in [0.1, 0.15) is 0 Å². The van der Waals surface area contributed by atoms with E-state index in [0.29, 0.717) is 0 Å². The molecule has 0 N–H and O–H groups in total. The van der Waals surface area contributed by atoms with Crippen molar-refractivity contribution < 1.29 is 0 Å². The molecule has 39 valence electrons. The average molecular weight is 160 g/mol. The van der Waals surface area contributed by atoms with Gasteiger partial charge in [0.25, 0.3) is 0 Å². The van der Waals surface area contributed by atoms with E-state index in [1.165, 1.54) is 5.32 Å². The Morgan fingerprint density at radius 1 is 1.43 bits per heavy atom. The van der Waals surface area contributed by atoms with E-state index in [4.69, 9.17) is 0 Å². The molecule has 0 saturated heterocycles. The molecule has 0 saturated carbocycles. The van der Waals surface area contributed by atoms with E-state index in [-0.39, 0.29) is 13.9 Å². The molecule has 0 atom stereocenters. The molecule has 0 aromatic carbocycles. The minimum atomic E-state index is -0.249. The second kappa shape index (κ2) is 2.34. The van der Waals surface area contributed by atoms with Crippen molar-refractivity contribution in [3.63, 3.8) is 0 Å². The van der Waals surface area contributed by atoms with Crippen LogP contribution in [0.15, 0.2) is 23.2 Å². The molecular weight excluding hydrogens is 151 g/mol. The Hall–Kier alpha value is -0.000519. The van der Waals surface area contributed by atoms with Gasteiger partial charge < -0.3 is 0 Å². The zero-order valence-electron chi connectivity index (χ0n) is 4.42. The Balaban J connectivity index is 2.49. The topological polar surface area (TPSA) is 0 Å². The van der Waals surface area contributed by atoms with E-state index in [1.807, 2.05) is 0 Å². The van der Waals surface area contributed by atoms with Crippen LogP contribution in [0.3, 0.4) is 0 Å². The molecule has 1 heteroatoms. The van der Waals surface area contributed by atoms with Crippen molar-refractivity contribution in [2.75, 3.05) is 0 Å². The van der Waals surface area contributed by atoms with Gasteiger partial charge in [0.15, 0.2) is 0 Å². The van der Waals surface area contributed by atoms with E-state index in [2.05, 4.69) is 29.0 Å². The number of hydrogen-bond acceptors (Lipinski definition) is 0. The fraction of sp³-hybridized carbons (Fsp3) is 0.333. The van der Waals surface area contributed by atoms with Crippen molar-refractivity contribution in [1.29, 1.82) is 0 Å². The summed E-state index contributed by atoms with van der Waals surface area (Å²) < 4.78 is 0. The molecule has 0 aromatic rings. The first kappa shape index (κ1) is 5.14. The molecule has 0 aliphatic carbocycles. The normalized spacial score (nSPS) is 20.7. The van der Waals surface area contributed by atoms with Crippen LogP contribution in [0, 0.1) is 0 Å². The summed E-state index contributed by atoms with van der Waals surface area (Å²) in [7, 11) is 0. The van der Waals surface area contributed by atoms with E-state index in [0.717, 1.165) is 0 Å². The Bertz CT molecular complexity index is 103. The van der Waals surface area contributed by atoms with Crippen LogP contribution in [0.4, 0.5) is 0 Å². The summed E-state index contributed by atoms with van der Waals surface area (Å²) in [6.45, 7) is 0. The van der Waals surface area contributed by atoms with Crippen molar-refractivity contribution in [2.45, 2.75) is 11.1 Å². The van der Waals surface area contributed by atoms with Crippen molar-refractivity contribution in [2.24, 2.45) is 0 Å².